The van der Waals surface area contributed by atoms with E-state index in [2.05, 4.69) is 10.5 Å². The maximum Gasteiger partial charge on any atom is 0.221 e. The third kappa shape index (κ3) is 5.92. The van der Waals surface area contributed by atoms with Crippen LogP contribution in [0.2, 0.25) is 0 Å². The number of amides is 1. The second-order valence-electron chi connectivity index (χ2n) is 3.59. The number of carbonyl (C=O) groups is 1. The van der Waals surface area contributed by atoms with Crippen LogP contribution in [0.1, 0.15) is 18.4 Å². The molecule has 0 aliphatic carbocycles. The lowest BCUT2D eigenvalue weighted by molar-refractivity contribution is -0.117. The number of nitrogens with one attached hydrogen (secondary N) is 1. The van der Waals surface area contributed by atoms with E-state index in [-0.39, 0.29) is 12.3 Å². The molecule has 0 spiro atoms. The molecule has 1 amide bonds. The lowest BCUT2D eigenvalue weighted by Crippen LogP contribution is -2.13. The smallest absolute Gasteiger partial charge is 0.221 e. The summed E-state index contributed by atoms with van der Waals surface area (Å²) >= 11 is 5.54. The molecule has 3 N–H and O–H groups in total. The van der Waals surface area contributed by atoms with Crippen LogP contribution >= 0.6 is 11.6 Å². The first-order valence-electron chi connectivity index (χ1n) is 5.43. The second-order valence-corrected chi connectivity index (χ2v) is 3.97. The number of anilines is 1. The first kappa shape index (κ1) is 13.5. The highest BCUT2D eigenvalue weighted by Gasteiger charge is 1.97. The Labute approximate surface area is 106 Å². The van der Waals surface area contributed by atoms with Crippen molar-refractivity contribution in [2.24, 2.45) is 10.8 Å². The lowest BCUT2D eigenvalue weighted by Gasteiger charge is -2.01. The van der Waals surface area contributed by atoms with Crippen LogP contribution in [0.5, 0.6) is 0 Å². The fourth-order valence-corrected chi connectivity index (χ4v) is 1.41. The summed E-state index contributed by atoms with van der Waals surface area (Å²) in [6.45, 7) is 0. The van der Waals surface area contributed by atoms with Gasteiger partial charge in [0.05, 0.1) is 12.1 Å². The summed E-state index contributed by atoms with van der Waals surface area (Å²) in [4.78, 5) is 10.7. The lowest BCUT2D eigenvalue weighted by atomic mass is 10.1. The molecule has 1 rings (SSSR count). The number of unbranched alkanes of at least 4 members (excludes halogenated alkanes) is 1. The number of hydrogen-bond donors (Lipinski definition) is 2. The van der Waals surface area contributed by atoms with E-state index in [0.29, 0.717) is 5.88 Å². The predicted octanol–water partition coefficient (Wildman–Crippen LogP) is 2.13. The van der Waals surface area contributed by atoms with Gasteiger partial charge in [-0.05, 0) is 30.5 Å². The Kier molecular flexibility index (Phi) is 6.10. The van der Waals surface area contributed by atoms with Crippen LogP contribution in [0.15, 0.2) is 29.4 Å². The maximum atomic E-state index is 10.7. The van der Waals surface area contributed by atoms with E-state index in [4.69, 9.17) is 17.3 Å². The fourth-order valence-electron chi connectivity index (χ4n) is 1.25. The van der Waals surface area contributed by atoms with Crippen LogP contribution in [0, 0.1) is 0 Å². The van der Waals surface area contributed by atoms with Crippen LogP contribution in [0.25, 0.3) is 0 Å². The summed E-state index contributed by atoms with van der Waals surface area (Å²) < 4.78 is 0. The molecular weight excluding hydrogens is 238 g/mol. The molecule has 4 nitrogen and oxygen atoms in total. The third-order valence-corrected chi connectivity index (χ3v) is 2.35. The summed E-state index contributed by atoms with van der Waals surface area (Å²) in [6.07, 6.45) is 3.83. The van der Waals surface area contributed by atoms with E-state index in [1.165, 1.54) is 0 Å². The standard InChI is InChI=1S/C12H16ClN3O/c13-7-1-2-8-15-16-11-5-3-10(4-6-11)9-12(14)17/h3-6,8,16H,1-2,7,9H2,(H2,14,17). The van der Waals surface area contributed by atoms with E-state index in [1.54, 1.807) is 6.21 Å². The molecule has 0 atom stereocenters. The molecule has 0 fully saturated rings. The van der Waals surface area contributed by atoms with Gasteiger partial charge in [0.15, 0.2) is 0 Å². The van der Waals surface area contributed by atoms with Crippen LogP contribution in [0.3, 0.4) is 0 Å². The van der Waals surface area contributed by atoms with Crippen molar-refractivity contribution in [1.82, 2.24) is 0 Å². The number of rotatable bonds is 7. The zero-order valence-corrected chi connectivity index (χ0v) is 10.3. The molecule has 0 saturated heterocycles. The first-order valence-corrected chi connectivity index (χ1v) is 5.96. The number of hydrazone groups is 1. The molecule has 0 aromatic heterocycles. The molecule has 0 bridgehead atoms. The number of benzene rings is 1. The minimum Gasteiger partial charge on any atom is -0.369 e. The SMILES string of the molecule is NC(=O)Cc1ccc(NN=CCCCCl)cc1. The first-order chi connectivity index (χ1) is 8.22. The van der Waals surface area contributed by atoms with Crippen LogP contribution < -0.4 is 11.2 Å². The van der Waals surface area contributed by atoms with Crippen LogP contribution in [0.4, 0.5) is 5.69 Å². The normalized spacial score (nSPS) is 10.6. The highest BCUT2D eigenvalue weighted by atomic mass is 35.5. The van der Waals surface area contributed by atoms with Gasteiger partial charge in [0.1, 0.15) is 0 Å². The van der Waals surface area contributed by atoms with Crippen molar-refractivity contribution in [3.05, 3.63) is 29.8 Å². The van der Waals surface area contributed by atoms with E-state index < -0.39 is 0 Å². The zero-order valence-electron chi connectivity index (χ0n) is 9.53. The van der Waals surface area contributed by atoms with Gasteiger partial charge in [0.25, 0.3) is 0 Å². The van der Waals surface area contributed by atoms with E-state index in [1.807, 2.05) is 24.3 Å². The summed E-state index contributed by atoms with van der Waals surface area (Å²) in [7, 11) is 0. The molecule has 0 radical (unpaired) electrons. The summed E-state index contributed by atoms with van der Waals surface area (Å²) in [5.74, 6) is 0.318. The largest absolute Gasteiger partial charge is 0.369 e. The highest BCUT2D eigenvalue weighted by molar-refractivity contribution is 6.17. The van der Waals surface area contributed by atoms with Gasteiger partial charge in [-0.3, -0.25) is 10.2 Å². The van der Waals surface area contributed by atoms with E-state index in [0.717, 1.165) is 24.1 Å². The monoisotopic (exact) mass is 253 g/mol. The average molecular weight is 254 g/mol. The van der Waals surface area contributed by atoms with Gasteiger partial charge < -0.3 is 5.73 Å². The van der Waals surface area contributed by atoms with Crippen molar-refractivity contribution < 1.29 is 4.79 Å². The van der Waals surface area contributed by atoms with Crippen molar-refractivity contribution in [2.45, 2.75) is 19.3 Å². The summed E-state index contributed by atoms with van der Waals surface area (Å²) in [5, 5.41) is 4.04. The molecule has 1 aromatic carbocycles. The van der Waals surface area contributed by atoms with Crippen LogP contribution in [-0.2, 0) is 11.2 Å². The zero-order chi connectivity index (χ0) is 12.5. The predicted molar refractivity (Wildman–Crippen MR) is 71.4 cm³/mol. The van der Waals surface area contributed by atoms with Crippen molar-refractivity contribution in [3.8, 4) is 0 Å². The molecule has 0 heterocycles. The van der Waals surface area contributed by atoms with Gasteiger partial charge >= 0.3 is 0 Å². The van der Waals surface area contributed by atoms with Gasteiger partial charge in [-0.25, -0.2) is 0 Å². The Morgan fingerprint density at radius 1 is 1.41 bits per heavy atom. The molecule has 0 unspecified atom stereocenters. The molecule has 0 saturated carbocycles. The average Bonchev–Trinajstić information content (AvgIpc) is 2.30. The Hall–Kier alpha value is -1.55. The summed E-state index contributed by atoms with van der Waals surface area (Å²) in [6, 6.07) is 7.41. The quantitative estimate of drug-likeness (QED) is 0.338. The van der Waals surface area contributed by atoms with Crippen molar-refractivity contribution >= 4 is 29.4 Å². The highest BCUT2D eigenvalue weighted by Crippen LogP contribution is 2.09. The molecule has 17 heavy (non-hydrogen) atoms. The molecule has 1 aromatic rings. The number of halogens is 1. The number of nitrogens with two attached hydrogens (primary N) is 1. The van der Waals surface area contributed by atoms with Gasteiger partial charge in [0.2, 0.25) is 5.91 Å². The fraction of sp³-hybridized carbons (Fsp3) is 0.333. The number of alkyl halides is 1. The van der Waals surface area contributed by atoms with E-state index in [9.17, 15) is 4.79 Å². The molecule has 92 valence electrons. The van der Waals surface area contributed by atoms with Crippen molar-refractivity contribution in [2.75, 3.05) is 11.3 Å². The van der Waals surface area contributed by atoms with Gasteiger partial charge in [0, 0.05) is 12.1 Å². The van der Waals surface area contributed by atoms with Crippen LogP contribution in [-0.4, -0.2) is 18.0 Å². The van der Waals surface area contributed by atoms with Gasteiger partial charge in [-0.2, -0.15) is 5.10 Å². The maximum absolute atomic E-state index is 10.7. The van der Waals surface area contributed by atoms with Crippen molar-refractivity contribution in [1.29, 1.82) is 0 Å². The molecule has 5 heteroatoms. The molecule has 0 aliphatic heterocycles. The topological polar surface area (TPSA) is 67.5 Å². The van der Waals surface area contributed by atoms with Gasteiger partial charge in [-0.1, -0.05) is 12.1 Å². The number of primary amides is 1. The number of hydrogen-bond acceptors (Lipinski definition) is 3. The third-order valence-electron chi connectivity index (χ3n) is 2.08. The number of nitrogens with zero attached hydrogens (tertiary/aromatic N) is 1. The minimum atomic E-state index is -0.329. The Bertz CT molecular complexity index is 376. The Morgan fingerprint density at radius 3 is 2.71 bits per heavy atom. The number of carbonyl (C=O) groups excluding carboxylic acids is 1. The molecule has 0 aliphatic rings. The van der Waals surface area contributed by atoms with Crippen molar-refractivity contribution in [3.63, 3.8) is 0 Å². The Balaban J connectivity index is 2.40. The summed E-state index contributed by atoms with van der Waals surface area (Å²) in [5.41, 5.74) is 9.77. The molecular formula is C12H16ClN3O. The second kappa shape index (κ2) is 7.68. The van der Waals surface area contributed by atoms with Gasteiger partial charge in [-0.15, -0.1) is 11.6 Å². The Morgan fingerprint density at radius 2 is 2.12 bits per heavy atom. The van der Waals surface area contributed by atoms with E-state index >= 15 is 0 Å². The minimum absolute atomic E-state index is 0.263.